The van der Waals surface area contributed by atoms with Crippen LogP contribution in [0.5, 0.6) is 11.6 Å². The molecule has 0 aliphatic heterocycles. The smallest absolute Gasteiger partial charge is 0.311 e. The summed E-state index contributed by atoms with van der Waals surface area (Å²) in [6.07, 6.45) is 0. The Balaban J connectivity index is 2.22. The number of hydrogen-bond donors (Lipinski definition) is 1. The second kappa shape index (κ2) is 5.17. The van der Waals surface area contributed by atoms with Gasteiger partial charge in [0.15, 0.2) is 0 Å². The van der Waals surface area contributed by atoms with Gasteiger partial charge in [-0.2, -0.15) is 4.98 Å². The van der Waals surface area contributed by atoms with Crippen LogP contribution in [0.1, 0.15) is 0 Å². The molecule has 0 amide bonds. The zero-order chi connectivity index (χ0) is 13.1. The molecule has 92 valence electrons. The molecule has 18 heavy (non-hydrogen) atoms. The molecule has 0 aliphatic rings. The van der Waals surface area contributed by atoms with Gasteiger partial charge in [-0.05, 0) is 46.9 Å². The summed E-state index contributed by atoms with van der Waals surface area (Å²) in [5.74, 6) is 0.651. The first-order valence-electron chi connectivity index (χ1n) is 4.90. The fraction of sp³-hybridized carbons (Fsp3) is 0. The second-order valence-electron chi connectivity index (χ2n) is 3.37. The molecule has 0 unspecified atom stereocenters. The van der Waals surface area contributed by atoms with Crippen LogP contribution in [0, 0.1) is 13.7 Å². The topological polar surface area (TPSA) is 91.3 Å². The number of anilines is 1. The van der Waals surface area contributed by atoms with Crippen LogP contribution >= 0.6 is 22.6 Å². The molecule has 0 fully saturated rings. The van der Waals surface area contributed by atoms with Gasteiger partial charge in [0.1, 0.15) is 5.75 Å². The Morgan fingerprint density at radius 1 is 1.22 bits per heavy atom. The normalized spacial score (nSPS) is 10.1. The van der Waals surface area contributed by atoms with Crippen LogP contribution in [-0.4, -0.2) is 9.91 Å². The van der Waals surface area contributed by atoms with E-state index < -0.39 is 4.92 Å². The third-order valence-electron chi connectivity index (χ3n) is 2.11. The van der Waals surface area contributed by atoms with Crippen molar-refractivity contribution in [1.29, 1.82) is 0 Å². The Bertz CT molecular complexity index is 587. The summed E-state index contributed by atoms with van der Waals surface area (Å²) in [4.78, 5) is 13.8. The molecule has 0 bridgehead atoms. The lowest BCUT2D eigenvalue weighted by atomic mass is 10.3. The Kier molecular flexibility index (Phi) is 3.60. The Labute approximate surface area is 116 Å². The van der Waals surface area contributed by atoms with Gasteiger partial charge in [-0.3, -0.25) is 10.1 Å². The molecule has 2 aromatic rings. The van der Waals surface area contributed by atoms with E-state index in [4.69, 9.17) is 10.5 Å². The summed E-state index contributed by atoms with van der Waals surface area (Å²) in [6.45, 7) is 0. The summed E-state index contributed by atoms with van der Waals surface area (Å²) in [5, 5.41) is 10.6. The maximum absolute atomic E-state index is 10.6. The minimum atomic E-state index is -0.586. The highest BCUT2D eigenvalue weighted by molar-refractivity contribution is 14.1. The first-order chi connectivity index (χ1) is 8.56. The molecule has 2 rings (SSSR count). The van der Waals surface area contributed by atoms with Crippen molar-refractivity contribution in [3.8, 4) is 11.6 Å². The zero-order valence-corrected chi connectivity index (χ0v) is 11.2. The zero-order valence-electron chi connectivity index (χ0n) is 9.04. The minimum Gasteiger partial charge on any atom is -0.439 e. The van der Waals surface area contributed by atoms with E-state index in [1.807, 2.05) is 12.1 Å². The van der Waals surface area contributed by atoms with E-state index in [1.165, 1.54) is 12.1 Å². The van der Waals surface area contributed by atoms with Gasteiger partial charge in [0.25, 0.3) is 0 Å². The van der Waals surface area contributed by atoms with Gasteiger partial charge in [-0.15, -0.1) is 0 Å². The van der Waals surface area contributed by atoms with Crippen molar-refractivity contribution in [3.05, 3.63) is 50.1 Å². The van der Waals surface area contributed by atoms with E-state index >= 15 is 0 Å². The number of nitro groups is 1. The first kappa shape index (κ1) is 12.6. The lowest BCUT2D eigenvalue weighted by Gasteiger charge is -2.05. The molecule has 1 heterocycles. The molecule has 0 radical (unpaired) electrons. The Morgan fingerprint density at radius 3 is 2.44 bits per heavy atom. The summed E-state index contributed by atoms with van der Waals surface area (Å²) >= 11 is 2.18. The number of hydrogen-bond acceptors (Lipinski definition) is 5. The summed E-state index contributed by atoms with van der Waals surface area (Å²) in [5.41, 5.74) is 5.23. The van der Waals surface area contributed by atoms with E-state index in [1.54, 1.807) is 12.1 Å². The van der Waals surface area contributed by atoms with Crippen LogP contribution in [0.3, 0.4) is 0 Å². The molecule has 7 heteroatoms. The number of nitrogens with two attached hydrogens (primary N) is 1. The third kappa shape index (κ3) is 2.86. The Hall–Kier alpha value is -1.90. The number of pyridine rings is 1. The van der Waals surface area contributed by atoms with E-state index in [0.717, 1.165) is 3.57 Å². The predicted octanol–water partition coefficient (Wildman–Crippen LogP) is 2.97. The molecule has 0 spiro atoms. The predicted molar refractivity (Wildman–Crippen MR) is 74.5 cm³/mol. The van der Waals surface area contributed by atoms with Crippen LogP contribution < -0.4 is 10.5 Å². The average Bonchev–Trinajstić information content (AvgIpc) is 2.32. The quantitative estimate of drug-likeness (QED) is 0.518. The van der Waals surface area contributed by atoms with Crippen molar-refractivity contribution in [2.75, 3.05) is 5.73 Å². The first-order valence-corrected chi connectivity index (χ1v) is 5.98. The van der Waals surface area contributed by atoms with Gasteiger partial charge < -0.3 is 10.5 Å². The fourth-order valence-electron chi connectivity index (χ4n) is 1.28. The molecular formula is C11H8IN3O3. The minimum absolute atomic E-state index is 0.164. The average molecular weight is 357 g/mol. The SMILES string of the molecule is Nc1nc(Oc2ccc(I)cc2)ccc1[N+](=O)[O-]. The van der Waals surface area contributed by atoms with Crippen LogP contribution in [0.4, 0.5) is 11.5 Å². The van der Waals surface area contributed by atoms with Crippen molar-refractivity contribution in [2.45, 2.75) is 0 Å². The molecule has 0 saturated carbocycles. The van der Waals surface area contributed by atoms with Crippen molar-refractivity contribution in [3.63, 3.8) is 0 Å². The van der Waals surface area contributed by atoms with Crippen molar-refractivity contribution < 1.29 is 9.66 Å². The maximum atomic E-state index is 10.6. The number of nitrogen functional groups attached to an aromatic ring is 1. The van der Waals surface area contributed by atoms with Crippen molar-refractivity contribution in [2.24, 2.45) is 0 Å². The highest BCUT2D eigenvalue weighted by atomic mass is 127. The number of nitrogens with zero attached hydrogens (tertiary/aromatic N) is 2. The number of rotatable bonds is 3. The van der Waals surface area contributed by atoms with Crippen LogP contribution in [0.15, 0.2) is 36.4 Å². The molecule has 2 N–H and O–H groups in total. The van der Waals surface area contributed by atoms with Gasteiger partial charge in [0.2, 0.25) is 11.7 Å². The molecule has 0 aliphatic carbocycles. The molecule has 0 atom stereocenters. The van der Waals surface area contributed by atoms with Gasteiger partial charge in [-0.25, -0.2) is 0 Å². The van der Waals surface area contributed by atoms with Gasteiger partial charge in [0, 0.05) is 15.7 Å². The van der Waals surface area contributed by atoms with Crippen LogP contribution in [0.2, 0.25) is 0 Å². The Morgan fingerprint density at radius 2 is 1.89 bits per heavy atom. The molecule has 1 aromatic heterocycles. The lowest BCUT2D eigenvalue weighted by Crippen LogP contribution is -1.99. The maximum Gasteiger partial charge on any atom is 0.311 e. The fourth-order valence-corrected chi connectivity index (χ4v) is 1.64. The van der Waals surface area contributed by atoms with E-state index in [-0.39, 0.29) is 17.4 Å². The third-order valence-corrected chi connectivity index (χ3v) is 2.83. The van der Waals surface area contributed by atoms with Gasteiger partial charge in [-0.1, -0.05) is 0 Å². The number of benzene rings is 1. The highest BCUT2D eigenvalue weighted by Gasteiger charge is 2.13. The summed E-state index contributed by atoms with van der Waals surface area (Å²) in [7, 11) is 0. The second-order valence-corrected chi connectivity index (χ2v) is 4.61. The monoisotopic (exact) mass is 357 g/mol. The van der Waals surface area contributed by atoms with E-state index in [0.29, 0.717) is 5.75 Å². The molecule has 1 aromatic carbocycles. The van der Waals surface area contributed by atoms with E-state index in [9.17, 15) is 10.1 Å². The molecule has 6 nitrogen and oxygen atoms in total. The number of halogens is 1. The number of ether oxygens (including phenoxy) is 1. The van der Waals surface area contributed by atoms with E-state index in [2.05, 4.69) is 27.6 Å². The molecule has 0 saturated heterocycles. The van der Waals surface area contributed by atoms with Crippen molar-refractivity contribution >= 4 is 34.1 Å². The lowest BCUT2D eigenvalue weighted by molar-refractivity contribution is -0.384. The largest absolute Gasteiger partial charge is 0.439 e. The van der Waals surface area contributed by atoms with Gasteiger partial charge in [0.05, 0.1) is 4.92 Å². The standard InChI is InChI=1S/C11H8IN3O3/c12-7-1-3-8(4-2-7)18-10-6-5-9(15(16)17)11(13)14-10/h1-6H,(H2,13,14). The van der Waals surface area contributed by atoms with Crippen molar-refractivity contribution in [1.82, 2.24) is 4.98 Å². The van der Waals surface area contributed by atoms with Crippen LogP contribution in [0.25, 0.3) is 0 Å². The summed E-state index contributed by atoms with van der Waals surface area (Å²) in [6, 6.07) is 9.99. The summed E-state index contributed by atoms with van der Waals surface area (Å²) < 4.78 is 6.51. The van der Waals surface area contributed by atoms with Crippen LogP contribution in [-0.2, 0) is 0 Å². The van der Waals surface area contributed by atoms with Gasteiger partial charge >= 0.3 is 5.69 Å². The highest BCUT2D eigenvalue weighted by Crippen LogP contribution is 2.25. The number of aromatic nitrogens is 1. The molecular weight excluding hydrogens is 349 g/mol.